The van der Waals surface area contributed by atoms with Crippen molar-refractivity contribution >= 4 is 0 Å². The summed E-state index contributed by atoms with van der Waals surface area (Å²) in [4.78, 5) is 2.40. The second-order valence-corrected chi connectivity index (χ2v) is 5.61. The molecule has 2 N–H and O–H groups in total. The molecular weight excluding hydrogens is 208 g/mol. The SMILES string of the molecule is Cc1ccc(C2(CN)CCN(C)CC2)c(C)c1. The van der Waals surface area contributed by atoms with Gasteiger partial charge in [0.15, 0.2) is 0 Å². The molecule has 2 heteroatoms. The van der Waals surface area contributed by atoms with E-state index >= 15 is 0 Å². The largest absolute Gasteiger partial charge is 0.330 e. The Morgan fingerprint density at radius 3 is 2.41 bits per heavy atom. The molecule has 1 aliphatic rings. The molecule has 0 bridgehead atoms. The molecule has 1 saturated heterocycles. The first-order valence-corrected chi connectivity index (χ1v) is 6.54. The number of nitrogens with zero attached hydrogens (tertiary/aromatic N) is 1. The number of hydrogen-bond donors (Lipinski definition) is 1. The van der Waals surface area contributed by atoms with Crippen LogP contribution in [0.5, 0.6) is 0 Å². The summed E-state index contributed by atoms with van der Waals surface area (Å²) in [5, 5.41) is 0. The molecule has 94 valence electrons. The Morgan fingerprint density at radius 2 is 1.88 bits per heavy atom. The van der Waals surface area contributed by atoms with Gasteiger partial charge in [-0.25, -0.2) is 0 Å². The Kier molecular flexibility index (Phi) is 3.55. The summed E-state index contributed by atoms with van der Waals surface area (Å²) in [6, 6.07) is 6.80. The van der Waals surface area contributed by atoms with E-state index in [1.807, 2.05) is 0 Å². The highest BCUT2D eigenvalue weighted by Crippen LogP contribution is 2.36. The number of rotatable bonds is 2. The van der Waals surface area contributed by atoms with Gasteiger partial charge in [0.25, 0.3) is 0 Å². The van der Waals surface area contributed by atoms with Crippen LogP contribution in [0, 0.1) is 13.8 Å². The molecule has 0 radical (unpaired) electrons. The lowest BCUT2D eigenvalue weighted by atomic mass is 9.71. The smallest absolute Gasteiger partial charge is 0.0102 e. The fraction of sp³-hybridized carbons (Fsp3) is 0.600. The summed E-state index contributed by atoms with van der Waals surface area (Å²) >= 11 is 0. The number of hydrogen-bond acceptors (Lipinski definition) is 2. The molecule has 2 nitrogen and oxygen atoms in total. The number of benzene rings is 1. The van der Waals surface area contributed by atoms with Crippen molar-refractivity contribution in [2.45, 2.75) is 32.1 Å². The van der Waals surface area contributed by atoms with Crippen molar-refractivity contribution in [3.8, 4) is 0 Å². The summed E-state index contributed by atoms with van der Waals surface area (Å²) in [6.45, 7) is 7.46. The van der Waals surface area contributed by atoms with Crippen molar-refractivity contribution in [3.63, 3.8) is 0 Å². The average molecular weight is 232 g/mol. The van der Waals surface area contributed by atoms with Crippen LogP contribution in [0.15, 0.2) is 18.2 Å². The molecule has 0 saturated carbocycles. The van der Waals surface area contributed by atoms with Crippen LogP contribution in [0.2, 0.25) is 0 Å². The number of aryl methyl sites for hydroxylation is 2. The predicted octanol–water partition coefficient (Wildman–Crippen LogP) is 2.23. The minimum absolute atomic E-state index is 0.213. The molecule has 0 spiro atoms. The molecule has 1 heterocycles. The first-order chi connectivity index (χ1) is 8.07. The van der Waals surface area contributed by atoms with E-state index in [1.54, 1.807) is 0 Å². The highest BCUT2D eigenvalue weighted by molar-refractivity contribution is 5.37. The Hall–Kier alpha value is -0.860. The molecule has 1 aromatic rings. The molecule has 0 atom stereocenters. The Balaban J connectivity index is 2.34. The van der Waals surface area contributed by atoms with Gasteiger partial charge in [-0.2, -0.15) is 0 Å². The summed E-state index contributed by atoms with van der Waals surface area (Å²) in [6.07, 6.45) is 2.37. The van der Waals surface area contributed by atoms with Crippen LogP contribution in [0.3, 0.4) is 0 Å². The van der Waals surface area contributed by atoms with Gasteiger partial charge in [-0.15, -0.1) is 0 Å². The van der Waals surface area contributed by atoms with E-state index in [1.165, 1.54) is 29.5 Å². The normalized spacial score (nSPS) is 20.5. The van der Waals surface area contributed by atoms with Gasteiger partial charge in [0.2, 0.25) is 0 Å². The monoisotopic (exact) mass is 232 g/mol. The van der Waals surface area contributed by atoms with Crippen LogP contribution in [0.25, 0.3) is 0 Å². The van der Waals surface area contributed by atoms with E-state index in [2.05, 4.69) is 44.0 Å². The fourth-order valence-corrected chi connectivity index (χ4v) is 3.04. The summed E-state index contributed by atoms with van der Waals surface area (Å²) in [5.41, 5.74) is 10.5. The van der Waals surface area contributed by atoms with Crippen molar-refractivity contribution < 1.29 is 0 Å². The van der Waals surface area contributed by atoms with E-state index in [0.717, 1.165) is 19.6 Å². The van der Waals surface area contributed by atoms with Crippen molar-refractivity contribution in [1.29, 1.82) is 0 Å². The highest BCUT2D eigenvalue weighted by atomic mass is 15.1. The third kappa shape index (κ3) is 2.38. The zero-order chi connectivity index (χ0) is 12.5. The maximum Gasteiger partial charge on any atom is 0.0102 e. The quantitative estimate of drug-likeness (QED) is 0.847. The van der Waals surface area contributed by atoms with Crippen molar-refractivity contribution in [3.05, 3.63) is 34.9 Å². The van der Waals surface area contributed by atoms with E-state index in [-0.39, 0.29) is 5.41 Å². The molecule has 0 aliphatic carbocycles. The number of piperidine rings is 1. The molecule has 1 fully saturated rings. The molecular formula is C15H24N2. The summed E-state index contributed by atoms with van der Waals surface area (Å²) < 4.78 is 0. The van der Waals surface area contributed by atoms with Gasteiger partial charge >= 0.3 is 0 Å². The van der Waals surface area contributed by atoms with Gasteiger partial charge in [-0.05, 0) is 58.0 Å². The van der Waals surface area contributed by atoms with Gasteiger partial charge in [-0.3, -0.25) is 0 Å². The minimum Gasteiger partial charge on any atom is -0.330 e. The van der Waals surface area contributed by atoms with E-state index in [0.29, 0.717) is 0 Å². The lowest BCUT2D eigenvalue weighted by molar-refractivity contribution is 0.191. The van der Waals surface area contributed by atoms with Crippen LogP contribution >= 0.6 is 0 Å². The lowest BCUT2D eigenvalue weighted by Crippen LogP contribution is -2.45. The zero-order valence-corrected chi connectivity index (χ0v) is 11.3. The lowest BCUT2D eigenvalue weighted by Gasteiger charge is -2.41. The van der Waals surface area contributed by atoms with Crippen LogP contribution in [0.4, 0.5) is 0 Å². The van der Waals surface area contributed by atoms with Crippen LogP contribution < -0.4 is 5.73 Å². The third-order valence-corrected chi connectivity index (χ3v) is 4.29. The van der Waals surface area contributed by atoms with Gasteiger partial charge in [0.05, 0.1) is 0 Å². The topological polar surface area (TPSA) is 29.3 Å². The molecule has 0 amide bonds. The Bertz CT molecular complexity index is 390. The first kappa shape index (κ1) is 12.6. The zero-order valence-electron chi connectivity index (χ0n) is 11.3. The highest BCUT2D eigenvalue weighted by Gasteiger charge is 2.34. The molecule has 0 aromatic heterocycles. The minimum atomic E-state index is 0.213. The number of nitrogens with two attached hydrogens (primary N) is 1. The first-order valence-electron chi connectivity index (χ1n) is 6.54. The third-order valence-electron chi connectivity index (χ3n) is 4.29. The maximum atomic E-state index is 6.10. The predicted molar refractivity (Wildman–Crippen MR) is 73.4 cm³/mol. The second kappa shape index (κ2) is 4.79. The van der Waals surface area contributed by atoms with Crippen LogP contribution in [-0.2, 0) is 5.41 Å². The van der Waals surface area contributed by atoms with E-state index in [4.69, 9.17) is 5.73 Å². The average Bonchev–Trinajstić information content (AvgIpc) is 2.31. The van der Waals surface area contributed by atoms with Crippen LogP contribution in [0.1, 0.15) is 29.5 Å². The van der Waals surface area contributed by atoms with Crippen molar-refractivity contribution in [1.82, 2.24) is 4.90 Å². The summed E-state index contributed by atoms with van der Waals surface area (Å²) in [5.74, 6) is 0. The fourth-order valence-electron chi connectivity index (χ4n) is 3.04. The number of likely N-dealkylation sites (tertiary alicyclic amines) is 1. The van der Waals surface area contributed by atoms with Crippen molar-refractivity contribution in [2.24, 2.45) is 5.73 Å². The van der Waals surface area contributed by atoms with Gasteiger partial charge in [0.1, 0.15) is 0 Å². The second-order valence-electron chi connectivity index (χ2n) is 5.61. The maximum absolute atomic E-state index is 6.10. The standard InChI is InChI=1S/C15H24N2/c1-12-4-5-14(13(2)10-12)15(11-16)6-8-17(3)9-7-15/h4-5,10H,6-9,11,16H2,1-3H3. The molecule has 1 aliphatic heterocycles. The van der Waals surface area contributed by atoms with E-state index < -0.39 is 0 Å². The van der Waals surface area contributed by atoms with Gasteiger partial charge in [-0.1, -0.05) is 23.8 Å². The Labute approximate surface area is 105 Å². The summed E-state index contributed by atoms with van der Waals surface area (Å²) in [7, 11) is 2.20. The van der Waals surface area contributed by atoms with Crippen molar-refractivity contribution in [2.75, 3.05) is 26.7 Å². The Morgan fingerprint density at radius 1 is 1.24 bits per heavy atom. The molecule has 0 unspecified atom stereocenters. The van der Waals surface area contributed by atoms with Crippen LogP contribution in [-0.4, -0.2) is 31.6 Å². The van der Waals surface area contributed by atoms with Gasteiger partial charge in [0, 0.05) is 12.0 Å². The molecule has 2 rings (SSSR count). The van der Waals surface area contributed by atoms with E-state index in [9.17, 15) is 0 Å². The molecule has 17 heavy (non-hydrogen) atoms. The van der Waals surface area contributed by atoms with Gasteiger partial charge < -0.3 is 10.6 Å². The molecule has 1 aromatic carbocycles.